The number of nitrogens with one attached hydrogen (secondary N) is 1. The Labute approximate surface area is 197 Å². The molecular formula is C24H23F3N4O4. The number of halogens is 3. The van der Waals surface area contributed by atoms with Gasteiger partial charge in [0.1, 0.15) is 6.10 Å². The van der Waals surface area contributed by atoms with Crippen molar-refractivity contribution in [2.45, 2.75) is 44.2 Å². The summed E-state index contributed by atoms with van der Waals surface area (Å²) in [4.78, 5) is 34.3. The molecule has 8 nitrogen and oxygen atoms in total. The summed E-state index contributed by atoms with van der Waals surface area (Å²) in [6.45, 7) is 0.687. The van der Waals surface area contributed by atoms with E-state index in [-0.39, 0.29) is 29.8 Å². The summed E-state index contributed by atoms with van der Waals surface area (Å²) >= 11 is 0. The molecule has 2 bridgehead atoms. The average molecular weight is 488 g/mol. The van der Waals surface area contributed by atoms with Crippen molar-refractivity contribution in [1.82, 2.24) is 9.55 Å². The molecule has 1 aromatic heterocycles. The Morgan fingerprint density at radius 2 is 2.03 bits per heavy atom. The Kier molecular flexibility index (Phi) is 5.97. The number of hydrogen-bond donors (Lipinski definition) is 2. The van der Waals surface area contributed by atoms with Gasteiger partial charge in [-0.25, -0.2) is 0 Å². The minimum atomic E-state index is -4.58. The molecule has 3 aromatic rings. The van der Waals surface area contributed by atoms with Crippen LogP contribution >= 0.6 is 0 Å². The van der Waals surface area contributed by atoms with Gasteiger partial charge in [-0.05, 0) is 55.7 Å². The van der Waals surface area contributed by atoms with E-state index in [4.69, 9.17) is 4.74 Å². The number of carbonyl (C=O) groups excluding carboxylic acids is 2. The van der Waals surface area contributed by atoms with Crippen LogP contribution in [0.1, 0.15) is 35.2 Å². The molecule has 3 heterocycles. The zero-order valence-electron chi connectivity index (χ0n) is 18.6. The number of anilines is 1. The molecule has 184 valence electrons. The highest BCUT2D eigenvalue weighted by Gasteiger charge is 2.40. The van der Waals surface area contributed by atoms with Crippen molar-refractivity contribution in [3.63, 3.8) is 0 Å². The van der Waals surface area contributed by atoms with Crippen molar-refractivity contribution in [1.29, 1.82) is 0 Å². The van der Waals surface area contributed by atoms with Crippen molar-refractivity contribution in [2.24, 2.45) is 4.99 Å². The zero-order valence-corrected chi connectivity index (χ0v) is 18.6. The number of aromatic nitrogens is 2. The number of rotatable bonds is 5. The molecule has 2 saturated heterocycles. The van der Waals surface area contributed by atoms with E-state index >= 15 is 0 Å². The molecule has 2 aliphatic heterocycles. The summed E-state index contributed by atoms with van der Waals surface area (Å²) in [5.74, 6) is -0.928. The number of H-pyrrole nitrogens is 1. The first kappa shape index (κ1) is 23.3. The van der Waals surface area contributed by atoms with Crippen LogP contribution in [0.15, 0.2) is 47.5 Å². The standard InChI is InChI=1S/C24H23F3N4O4/c25-24(26,27)15-4-1-3-14(11-15)21(33)29-23-28-18-12-16(5-7-19(18)30(23)9-2-10-32)31-13-17-6-8-20(35-17)22(31)34/h1,3-5,7,11-12,17,20,32H,2,6,8-10,13H2,(H,28,29,33). The number of aryl methyl sites for hydroxylation is 1. The summed E-state index contributed by atoms with van der Waals surface area (Å²) in [5.41, 5.74) is 0.971. The van der Waals surface area contributed by atoms with Gasteiger partial charge in [-0.2, -0.15) is 18.2 Å². The molecule has 11 heteroatoms. The molecule has 0 saturated carbocycles. The van der Waals surface area contributed by atoms with Crippen LogP contribution in [0.2, 0.25) is 0 Å². The first-order valence-corrected chi connectivity index (χ1v) is 11.3. The number of aliphatic hydroxyl groups excluding tert-OH is 1. The van der Waals surface area contributed by atoms with Crippen molar-refractivity contribution in [3.05, 3.63) is 59.2 Å². The molecule has 0 aliphatic carbocycles. The van der Waals surface area contributed by atoms with E-state index in [0.29, 0.717) is 42.7 Å². The summed E-state index contributed by atoms with van der Waals surface area (Å²) in [5, 5.41) is 9.31. The number of nitrogens with zero attached hydrogens (tertiary/aromatic N) is 3. The highest BCUT2D eigenvalue weighted by atomic mass is 19.4. The number of hydrogen-bond acceptors (Lipinski definition) is 4. The predicted octanol–water partition coefficient (Wildman–Crippen LogP) is 3.01. The molecule has 2 aliphatic rings. The third-order valence-electron chi connectivity index (χ3n) is 6.30. The van der Waals surface area contributed by atoms with Gasteiger partial charge in [-0.1, -0.05) is 6.07 Å². The van der Waals surface area contributed by atoms with Crippen molar-refractivity contribution >= 4 is 28.5 Å². The molecule has 35 heavy (non-hydrogen) atoms. The molecular weight excluding hydrogens is 465 g/mol. The van der Waals surface area contributed by atoms with E-state index < -0.39 is 23.8 Å². The lowest BCUT2D eigenvalue weighted by Crippen LogP contribution is -2.47. The molecule has 2 amide bonds. The van der Waals surface area contributed by atoms with E-state index in [2.05, 4.69) is 9.98 Å². The number of morpholine rings is 1. The van der Waals surface area contributed by atoms with Crippen LogP contribution in [-0.2, 0) is 22.3 Å². The quantitative estimate of drug-likeness (QED) is 0.577. The lowest BCUT2D eigenvalue weighted by atomic mass is 10.1. The maximum atomic E-state index is 13.1. The molecule has 2 unspecified atom stereocenters. The topological polar surface area (TPSA) is 99.9 Å². The van der Waals surface area contributed by atoms with Crippen LogP contribution in [0, 0.1) is 0 Å². The Morgan fingerprint density at radius 3 is 2.80 bits per heavy atom. The summed E-state index contributed by atoms with van der Waals surface area (Å²) < 4.78 is 46.6. The van der Waals surface area contributed by atoms with Crippen molar-refractivity contribution in [3.8, 4) is 0 Å². The SMILES string of the molecule is O=C(/N=c1\[nH]c2cc(N3CC4CCC(O4)C3=O)ccc2n1CCCO)c1cccc(C(F)(F)F)c1. The average Bonchev–Trinajstić information content (AvgIpc) is 3.40. The monoisotopic (exact) mass is 488 g/mol. The minimum Gasteiger partial charge on any atom is -0.396 e. The van der Waals surface area contributed by atoms with E-state index in [0.717, 1.165) is 24.6 Å². The predicted molar refractivity (Wildman–Crippen MR) is 120 cm³/mol. The van der Waals surface area contributed by atoms with Crippen LogP contribution < -0.4 is 10.5 Å². The number of ether oxygens (including phenoxy) is 1. The number of amides is 2. The number of imidazole rings is 1. The van der Waals surface area contributed by atoms with Gasteiger partial charge in [0.25, 0.3) is 11.8 Å². The second-order valence-corrected chi connectivity index (χ2v) is 8.65. The van der Waals surface area contributed by atoms with Gasteiger partial charge in [-0.15, -0.1) is 0 Å². The molecule has 2 fully saturated rings. The molecule has 2 aromatic carbocycles. The van der Waals surface area contributed by atoms with E-state index in [1.807, 2.05) is 0 Å². The Morgan fingerprint density at radius 1 is 1.20 bits per heavy atom. The number of carbonyl (C=O) groups is 2. The molecule has 5 rings (SSSR count). The van der Waals surface area contributed by atoms with Gasteiger partial charge in [0.2, 0.25) is 5.62 Å². The van der Waals surface area contributed by atoms with Gasteiger partial charge in [0, 0.05) is 24.4 Å². The highest BCUT2D eigenvalue weighted by Crippen LogP contribution is 2.32. The first-order valence-electron chi connectivity index (χ1n) is 11.3. The highest BCUT2D eigenvalue weighted by molar-refractivity contribution is 5.99. The van der Waals surface area contributed by atoms with Gasteiger partial charge in [0.15, 0.2) is 0 Å². The van der Waals surface area contributed by atoms with Gasteiger partial charge in [0.05, 0.1) is 29.2 Å². The number of benzene rings is 2. The normalized spacial score (nSPS) is 20.7. The third kappa shape index (κ3) is 4.48. The number of aromatic amines is 1. The van der Waals surface area contributed by atoms with Crippen LogP contribution in [-0.4, -0.2) is 51.8 Å². The van der Waals surface area contributed by atoms with Gasteiger partial charge in [-0.3, -0.25) is 9.59 Å². The van der Waals surface area contributed by atoms with Crippen LogP contribution in [0.3, 0.4) is 0 Å². The molecule has 0 spiro atoms. The lowest BCUT2D eigenvalue weighted by Gasteiger charge is -2.31. The second kappa shape index (κ2) is 8.97. The third-order valence-corrected chi connectivity index (χ3v) is 6.30. The molecule has 2 N–H and O–H groups in total. The number of alkyl halides is 3. The Bertz CT molecular complexity index is 1360. The van der Waals surface area contributed by atoms with Crippen LogP contribution in [0.25, 0.3) is 11.0 Å². The fraction of sp³-hybridized carbons (Fsp3) is 0.375. The van der Waals surface area contributed by atoms with E-state index in [1.54, 1.807) is 27.7 Å². The fourth-order valence-corrected chi connectivity index (χ4v) is 4.58. The van der Waals surface area contributed by atoms with Gasteiger partial charge >= 0.3 is 6.18 Å². The smallest absolute Gasteiger partial charge is 0.396 e. The zero-order chi connectivity index (χ0) is 24.7. The maximum absolute atomic E-state index is 13.1. The maximum Gasteiger partial charge on any atom is 0.416 e. The van der Waals surface area contributed by atoms with Crippen LogP contribution in [0.5, 0.6) is 0 Å². The lowest BCUT2D eigenvalue weighted by molar-refractivity contribution is -0.137. The largest absolute Gasteiger partial charge is 0.416 e. The first-order chi connectivity index (χ1) is 16.7. The summed E-state index contributed by atoms with van der Waals surface area (Å²) in [7, 11) is 0. The Balaban J connectivity index is 1.54. The Hall–Kier alpha value is -3.44. The summed E-state index contributed by atoms with van der Waals surface area (Å²) in [6.07, 6.45) is -3.09. The fourth-order valence-electron chi connectivity index (χ4n) is 4.58. The number of aliphatic hydroxyl groups is 1. The van der Waals surface area contributed by atoms with Crippen LogP contribution in [0.4, 0.5) is 18.9 Å². The van der Waals surface area contributed by atoms with Crippen molar-refractivity contribution < 1.29 is 32.6 Å². The summed E-state index contributed by atoms with van der Waals surface area (Å²) in [6, 6.07) is 9.46. The van der Waals surface area contributed by atoms with E-state index in [9.17, 15) is 27.9 Å². The van der Waals surface area contributed by atoms with Crippen molar-refractivity contribution in [2.75, 3.05) is 18.1 Å². The molecule has 0 radical (unpaired) electrons. The number of fused-ring (bicyclic) bond motifs is 3. The molecule has 2 atom stereocenters. The van der Waals surface area contributed by atoms with E-state index in [1.165, 1.54) is 6.07 Å². The van der Waals surface area contributed by atoms with Gasteiger partial charge < -0.3 is 24.3 Å². The second-order valence-electron chi connectivity index (χ2n) is 8.65. The minimum absolute atomic E-state index is 0.00201.